The summed E-state index contributed by atoms with van der Waals surface area (Å²) in [6.07, 6.45) is 9.60. The molecule has 4 heterocycles. The number of aromatic nitrogens is 1. The third kappa shape index (κ3) is 7.93. The Kier molecular flexibility index (Phi) is 10.0. The van der Waals surface area contributed by atoms with Crippen LogP contribution in [-0.4, -0.2) is 107 Å². The van der Waals surface area contributed by atoms with Gasteiger partial charge in [-0.05, 0) is 89.8 Å². The minimum absolute atomic E-state index is 0.0215. The third-order valence-corrected chi connectivity index (χ3v) is 13.3. The lowest BCUT2D eigenvalue weighted by Crippen LogP contribution is -2.60. The van der Waals surface area contributed by atoms with Gasteiger partial charge in [0, 0.05) is 35.8 Å². The summed E-state index contributed by atoms with van der Waals surface area (Å²) in [4.78, 5) is 64.2. The standard InChI is InChI=1S/C36H48N6O8S2/c1-35(2,3)50-34(46)38-27-21-41(23-11-12-23)16-6-4-5-8-22-19-36(22,33(45)40-52(47,48)25-9-7-10-25)39-30(43)28-18-24(20-42(28)32(27)44)49-31-26-14-17-51-29(26)13-15-37-31/h5,8,13-15,17,22-25,27-28H,4,6-7,9-12,16,18-21H2,1-3H3,(H,38,46)(H,39,43)(H,40,45)/b8-5-/t22?,24-,27+,28+,36-/m1/s1. The summed E-state index contributed by atoms with van der Waals surface area (Å²) in [5.74, 6) is -1.88. The highest BCUT2D eigenvalue weighted by atomic mass is 32.2. The summed E-state index contributed by atoms with van der Waals surface area (Å²) in [5.41, 5.74) is -2.29. The lowest BCUT2D eigenvalue weighted by Gasteiger charge is -2.33. The number of allylic oxidation sites excluding steroid dienone is 1. The van der Waals surface area contributed by atoms with Gasteiger partial charge in [0.15, 0.2) is 0 Å². The first-order valence-corrected chi connectivity index (χ1v) is 20.7. The van der Waals surface area contributed by atoms with Crippen molar-refractivity contribution in [3.63, 3.8) is 0 Å². The van der Waals surface area contributed by atoms with Gasteiger partial charge in [-0.1, -0.05) is 18.6 Å². The highest BCUT2D eigenvalue weighted by Crippen LogP contribution is 2.46. The van der Waals surface area contributed by atoms with E-state index >= 15 is 0 Å². The molecule has 4 fully saturated rings. The molecule has 2 aromatic rings. The van der Waals surface area contributed by atoms with Gasteiger partial charge in [0.2, 0.25) is 27.7 Å². The second-order valence-electron chi connectivity index (χ2n) is 15.7. The van der Waals surface area contributed by atoms with E-state index in [-0.39, 0.29) is 32.0 Å². The summed E-state index contributed by atoms with van der Waals surface area (Å²) < 4.78 is 41.3. The van der Waals surface area contributed by atoms with Crippen LogP contribution in [0.1, 0.15) is 78.6 Å². The van der Waals surface area contributed by atoms with Gasteiger partial charge in [0.05, 0.1) is 17.2 Å². The van der Waals surface area contributed by atoms with Crippen molar-refractivity contribution in [2.24, 2.45) is 5.92 Å². The van der Waals surface area contributed by atoms with Crippen LogP contribution in [0, 0.1) is 5.92 Å². The predicted molar refractivity (Wildman–Crippen MR) is 194 cm³/mol. The van der Waals surface area contributed by atoms with Crippen LogP contribution < -0.4 is 20.1 Å². The average molecular weight is 757 g/mol. The molecular weight excluding hydrogens is 709 g/mol. The zero-order valence-corrected chi connectivity index (χ0v) is 31.5. The molecule has 0 spiro atoms. The molecule has 52 heavy (non-hydrogen) atoms. The first-order chi connectivity index (χ1) is 24.7. The summed E-state index contributed by atoms with van der Waals surface area (Å²) >= 11 is 1.54. The van der Waals surface area contributed by atoms with E-state index < -0.39 is 74.3 Å². The van der Waals surface area contributed by atoms with Gasteiger partial charge in [-0.2, -0.15) is 0 Å². The fourth-order valence-corrected chi connectivity index (χ4v) is 9.70. The molecule has 5 atom stereocenters. The zero-order chi connectivity index (χ0) is 36.8. The van der Waals surface area contributed by atoms with Crippen LogP contribution in [0.3, 0.4) is 0 Å². The third-order valence-electron chi connectivity index (χ3n) is 10.6. The first-order valence-electron chi connectivity index (χ1n) is 18.3. The number of carbonyl (C=O) groups excluding carboxylic acids is 4. The van der Waals surface area contributed by atoms with Gasteiger partial charge < -0.3 is 25.0 Å². The second-order valence-corrected chi connectivity index (χ2v) is 18.6. The smallest absolute Gasteiger partial charge is 0.408 e. The number of hydrogen-bond donors (Lipinski definition) is 3. The fraction of sp³-hybridized carbons (Fsp3) is 0.639. The number of alkyl carbamates (subject to hydrolysis) is 1. The van der Waals surface area contributed by atoms with Crippen LogP contribution in [0.4, 0.5) is 4.79 Å². The van der Waals surface area contributed by atoms with Gasteiger partial charge in [-0.25, -0.2) is 18.2 Å². The van der Waals surface area contributed by atoms with Gasteiger partial charge >= 0.3 is 6.09 Å². The molecule has 5 aliphatic rings. The van der Waals surface area contributed by atoms with Gasteiger partial charge in [0.1, 0.15) is 29.3 Å². The van der Waals surface area contributed by atoms with E-state index in [1.807, 2.05) is 29.7 Å². The maximum atomic E-state index is 14.7. The van der Waals surface area contributed by atoms with Crippen LogP contribution in [0.15, 0.2) is 35.9 Å². The maximum absolute atomic E-state index is 14.7. The quantitative estimate of drug-likeness (QED) is 0.356. The second kappa shape index (κ2) is 14.2. The number of nitrogens with zero attached hydrogens (tertiary/aromatic N) is 3. The minimum atomic E-state index is -3.91. The van der Waals surface area contributed by atoms with E-state index in [1.165, 1.54) is 4.90 Å². The number of pyridine rings is 1. The first kappa shape index (κ1) is 36.6. The number of carbonyl (C=O) groups is 4. The highest BCUT2D eigenvalue weighted by molar-refractivity contribution is 7.90. The average Bonchev–Trinajstić information content (AvgIpc) is 3.89. The molecular formula is C36H48N6O8S2. The molecule has 282 valence electrons. The van der Waals surface area contributed by atoms with E-state index in [2.05, 4.69) is 25.2 Å². The van der Waals surface area contributed by atoms with Crippen molar-refractivity contribution >= 4 is 55.3 Å². The van der Waals surface area contributed by atoms with Crippen LogP contribution in [0.2, 0.25) is 0 Å². The Balaban J connectivity index is 1.21. The van der Waals surface area contributed by atoms with Crippen LogP contribution in [0.5, 0.6) is 5.88 Å². The molecule has 1 saturated heterocycles. The van der Waals surface area contributed by atoms with Crippen LogP contribution >= 0.6 is 11.3 Å². The molecule has 7 rings (SSSR count). The number of rotatable bonds is 7. The van der Waals surface area contributed by atoms with E-state index in [0.717, 1.165) is 35.8 Å². The normalized spacial score (nSPS) is 29.8. The van der Waals surface area contributed by atoms with E-state index in [0.29, 0.717) is 31.7 Å². The Bertz CT molecular complexity index is 1850. The number of ether oxygens (including phenoxy) is 2. The molecule has 0 aromatic carbocycles. The number of fused-ring (bicyclic) bond motifs is 3. The van der Waals surface area contributed by atoms with Crippen LogP contribution in [-0.2, 0) is 29.1 Å². The van der Waals surface area contributed by atoms with Crippen molar-refractivity contribution in [2.75, 3.05) is 19.6 Å². The van der Waals surface area contributed by atoms with Gasteiger partial charge in [-0.3, -0.25) is 24.0 Å². The Morgan fingerprint density at radius 1 is 1.10 bits per heavy atom. The minimum Gasteiger partial charge on any atom is -0.472 e. The molecule has 2 aromatic heterocycles. The molecule has 3 aliphatic carbocycles. The topological polar surface area (TPSA) is 176 Å². The van der Waals surface area contributed by atoms with Gasteiger partial charge in [0.25, 0.3) is 5.91 Å². The Morgan fingerprint density at radius 3 is 2.60 bits per heavy atom. The lowest BCUT2D eigenvalue weighted by molar-refractivity contribution is -0.141. The molecule has 0 bridgehead atoms. The SMILES string of the molecule is CC(C)(C)OC(=O)N[C@H]1CN(C2CC2)CCC/C=C\C2C[C@@]2(C(=O)NS(=O)(=O)C2CCC2)NC(=O)[C@@H]2C[C@@H](Oc3nccc4sccc34)CN2C1=O. The number of nitrogens with one attached hydrogen (secondary N) is 3. The zero-order valence-electron chi connectivity index (χ0n) is 29.8. The fourth-order valence-electron chi connectivity index (χ4n) is 7.37. The molecule has 4 amide bonds. The van der Waals surface area contributed by atoms with Crippen molar-refractivity contribution in [3.8, 4) is 5.88 Å². The lowest BCUT2D eigenvalue weighted by atomic mass is 10.0. The molecule has 14 nitrogen and oxygen atoms in total. The Labute approximate surface area is 308 Å². The van der Waals surface area contributed by atoms with Crippen molar-refractivity contribution in [1.82, 2.24) is 30.1 Å². The molecule has 1 unspecified atom stereocenters. The predicted octanol–water partition coefficient (Wildman–Crippen LogP) is 3.23. The number of hydrogen-bond acceptors (Lipinski definition) is 11. The van der Waals surface area contributed by atoms with Crippen molar-refractivity contribution in [1.29, 1.82) is 0 Å². The molecule has 2 aliphatic heterocycles. The van der Waals surface area contributed by atoms with E-state index in [4.69, 9.17) is 9.47 Å². The number of thiophene rings is 1. The summed E-state index contributed by atoms with van der Waals surface area (Å²) in [7, 11) is -3.91. The van der Waals surface area contributed by atoms with Crippen molar-refractivity contribution in [3.05, 3.63) is 35.9 Å². The highest BCUT2D eigenvalue weighted by Gasteiger charge is 2.62. The number of amides is 4. The van der Waals surface area contributed by atoms with Gasteiger partial charge in [-0.15, -0.1) is 11.3 Å². The largest absolute Gasteiger partial charge is 0.472 e. The summed E-state index contributed by atoms with van der Waals surface area (Å²) in [6, 6.07) is 1.94. The van der Waals surface area contributed by atoms with E-state index in [1.54, 1.807) is 38.3 Å². The molecule has 0 radical (unpaired) electrons. The molecule has 16 heteroatoms. The maximum Gasteiger partial charge on any atom is 0.408 e. The monoisotopic (exact) mass is 756 g/mol. The Morgan fingerprint density at radius 2 is 1.88 bits per heavy atom. The summed E-state index contributed by atoms with van der Waals surface area (Å²) in [6.45, 7) is 6.16. The van der Waals surface area contributed by atoms with E-state index in [9.17, 15) is 27.6 Å². The molecule has 3 N–H and O–H groups in total. The number of sulfonamides is 1. The molecule has 3 saturated carbocycles. The van der Waals surface area contributed by atoms with Crippen LogP contribution in [0.25, 0.3) is 10.1 Å². The van der Waals surface area contributed by atoms with Crippen molar-refractivity contribution < 1.29 is 37.1 Å². The van der Waals surface area contributed by atoms with Crippen molar-refractivity contribution in [2.45, 2.75) is 119 Å². The summed E-state index contributed by atoms with van der Waals surface area (Å²) in [5, 5.41) is 7.83. The Hall–Kier alpha value is -3.76.